The zero-order valence-corrected chi connectivity index (χ0v) is 10.4. The summed E-state index contributed by atoms with van der Waals surface area (Å²) in [6.07, 6.45) is -2.46. The summed E-state index contributed by atoms with van der Waals surface area (Å²) in [5.41, 5.74) is -1.42. The first-order valence-electron chi connectivity index (χ1n) is 5.94. The molecule has 1 aliphatic rings. The predicted molar refractivity (Wildman–Crippen MR) is 64.4 cm³/mol. The van der Waals surface area contributed by atoms with Gasteiger partial charge >= 0.3 is 12.1 Å². The molecule has 0 radical (unpaired) electrons. The van der Waals surface area contributed by atoms with Crippen LogP contribution in [0.15, 0.2) is 18.2 Å². The van der Waals surface area contributed by atoms with E-state index in [1.165, 1.54) is 6.07 Å². The van der Waals surface area contributed by atoms with Gasteiger partial charge < -0.3 is 10.0 Å². The van der Waals surface area contributed by atoms with E-state index in [0.29, 0.717) is 18.2 Å². The Labute approximate surface area is 108 Å². The van der Waals surface area contributed by atoms with E-state index < -0.39 is 23.3 Å². The molecule has 0 unspecified atom stereocenters. The third-order valence-corrected chi connectivity index (χ3v) is 3.21. The largest absolute Gasteiger partial charge is 0.478 e. The zero-order valence-electron chi connectivity index (χ0n) is 10.4. The summed E-state index contributed by atoms with van der Waals surface area (Å²) < 4.78 is 38.5. The average Bonchev–Trinajstić information content (AvgIpc) is 3.10. The van der Waals surface area contributed by atoms with Crippen molar-refractivity contribution >= 4 is 11.7 Å². The zero-order chi connectivity index (χ0) is 14.2. The molecule has 19 heavy (non-hydrogen) atoms. The molecule has 1 aromatic carbocycles. The molecule has 1 saturated carbocycles. The molecule has 0 saturated heterocycles. The van der Waals surface area contributed by atoms with E-state index in [9.17, 15) is 18.0 Å². The van der Waals surface area contributed by atoms with E-state index >= 15 is 0 Å². The Balaban J connectivity index is 2.34. The maximum atomic E-state index is 12.8. The van der Waals surface area contributed by atoms with Crippen LogP contribution in [0, 0.1) is 5.92 Å². The first-order chi connectivity index (χ1) is 8.79. The van der Waals surface area contributed by atoms with Crippen molar-refractivity contribution in [3.63, 3.8) is 0 Å². The van der Waals surface area contributed by atoms with Crippen LogP contribution in [0.3, 0.4) is 0 Å². The second-order valence-electron chi connectivity index (χ2n) is 4.86. The van der Waals surface area contributed by atoms with E-state index in [1.807, 2.05) is 0 Å². The lowest BCUT2D eigenvalue weighted by atomic mass is 10.1. The number of carbonyl (C=O) groups is 1. The Morgan fingerprint density at radius 3 is 2.53 bits per heavy atom. The summed E-state index contributed by atoms with van der Waals surface area (Å²) in [7, 11) is 1.72. The molecule has 3 nitrogen and oxygen atoms in total. The van der Waals surface area contributed by atoms with Crippen molar-refractivity contribution < 1.29 is 23.1 Å². The number of halogens is 3. The van der Waals surface area contributed by atoms with Crippen LogP contribution in [-0.4, -0.2) is 24.7 Å². The van der Waals surface area contributed by atoms with Crippen LogP contribution >= 0.6 is 0 Å². The standard InChI is InChI=1S/C13H14F3NO2/c1-17(7-8-2-3-8)9-4-5-10(12(18)19)11(6-9)13(14,15)16/h4-6,8H,2-3,7H2,1H3,(H,18,19). The number of aromatic carboxylic acids is 1. The summed E-state index contributed by atoms with van der Waals surface area (Å²) in [6, 6.07) is 3.34. The highest BCUT2D eigenvalue weighted by Gasteiger charge is 2.36. The Bertz CT molecular complexity index is 495. The molecule has 0 spiro atoms. The van der Waals surface area contributed by atoms with Gasteiger partial charge in [0.05, 0.1) is 11.1 Å². The van der Waals surface area contributed by atoms with Gasteiger partial charge in [0, 0.05) is 19.3 Å². The van der Waals surface area contributed by atoms with Crippen LogP contribution in [0.5, 0.6) is 0 Å². The number of carboxylic acid groups (broad SMARTS) is 1. The van der Waals surface area contributed by atoms with E-state index in [2.05, 4.69) is 0 Å². The monoisotopic (exact) mass is 273 g/mol. The van der Waals surface area contributed by atoms with Crippen molar-refractivity contribution in [3.05, 3.63) is 29.3 Å². The molecule has 0 heterocycles. The first-order valence-corrected chi connectivity index (χ1v) is 5.94. The van der Waals surface area contributed by atoms with Crippen molar-refractivity contribution in [1.82, 2.24) is 0 Å². The first kappa shape index (κ1) is 13.7. The number of hydrogen-bond donors (Lipinski definition) is 1. The lowest BCUT2D eigenvalue weighted by Gasteiger charge is -2.21. The summed E-state index contributed by atoms with van der Waals surface area (Å²) in [6.45, 7) is 0.698. The second-order valence-corrected chi connectivity index (χ2v) is 4.86. The molecule has 2 rings (SSSR count). The van der Waals surface area contributed by atoms with E-state index in [1.54, 1.807) is 11.9 Å². The van der Waals surface area contributed by atoms with Crippen LogP contribution in [0.1, 0.15) is 28.8 Å². The van der Waals surface area contributed by atoms with E-state index in [-0.39, 0.29) is 0 Å². The summed E-state index contributed by atoms with van der Waals surface area (Å²) >= 11 is 0. The van der Waals surface area contributed by atoms with Gasteiger partial charge in [-0.15, -0.1) is 0 Å². The molecule has 0 aliphatic heterocycles. The minimum absolute atomic E-state index is 0.393. The van der Waals surface area contributed by atoms with E-state index in [4.69, 9.17) is 5.11 Å². The van der Waals surface area contributed by atoms with Gasteiger partial charge in [-0.3, -0.25) is 0 Å². The highest BCUT2D eigenvalue weighted by molar-refractivity contribution is 5.90. The number of alkyl halides is 3. The smallest absolute Gasteiger partial charge is 0.417 e. The third-order valence-electron chi connectivity index (χ3n) is 3.21. The van der Waals surface area contributed by atoms with Crippen molar-refractivity contribution in [2.24, 2.45) is 5.92 Å². The van der Waals surface area contributed by atoms with Gasteiger partial charge in [0.1, 0.15) is 0 Å². The fourth-order valence-corrected chi connectivity index (χ4v) is 1.98. The van der Waals surface area contributed by atoms with Gasteiger partial charge in [-0.1, -0.05) is 0 Å². The summed E-state index contributed by atoms with van der Waals surface area (Å²) in [5, 5.41) is 8.80. The maximum Gasteiger partial charge on any atom is 0.417 e. The molecule has 0 atom stereocenters. The Morgan fingerprint density at radius 2 is 2.05 bits per heavy atom. The van der Waals surface area contributed by atoms with Gasteiger partial charge in [0.2, 0.25) is 0 Å². The van der Waals surface area contributed by atoms with Gasteiger partial charge in [0.15, 0.2) is 0 Å². The fourth-order valence-electron chi connectivity index (χ4n) is 1.98. The van der Waals surface area contributed by atoms with Gasteiger partial charge in [-0.2, -0.15) is 13.2 Å². The molecule has 1 aliphatic carbocycles. The molecular weight excluding hydrogens is 259 g/mol. The minimum atomic E-state index is -4.66. The SMILES string of the molecule is CN(CC1CC1)c1ccc(C(=O)O)c(C(F)(F)F)c1. The number of benzene rings is 1. The molecule has 6 heteroatoms. The molecule has 1 fully saturated rings. The number of rotatable bonds is 4. The van der Waals surface area contributed by atoms with Crippen molar-refractivity contribution in [3.8, 4) is 0 Å². The van der Waals surface area contributed by atoms with E-state index in [0.717, 1.165) is 25.0 Å². The van der Waals surface area contributed by atoms with Crippen LogP contribution in [0.25, 0.3) is 0 Å². The van der Waals surface area contributed by atoms with Crippen molar-refractivity contribution in [2.75, 3.05) is 18.5 Å². The lowest BCUT2D eigenvalue weighted by molar-refractivity contribution is -0.138. The Morgan fingerprint density at radius 1 is 1.42 bits per heavy atom. The lowest BCUT2D eigenvalue weighted by Crippen LogP contribution is -2.21. The van der Waals surface area contributed by atoms with Crippen molar-refractivity contribution in [2.45, 2.75) is 19.0 Å². The highest BCUT2D eigenvalue weighted by atomic mass is 19.4. The van der Waals surface area contributed by atoms with Crippen molar-refractivity contribution in [1.29, 1.82) is 0 Å². The normalized spacial score (nSPS) is 15.4. The number of anilines is 1. The molecule has 1 N–H and O–H groups in total. The number of carboxylic acids is 1. The average molecular weight is 273 g/mol. The molecule has 0 amide bonds. The number of nitrogens with zero attached hydrogens (tertiary/aromatic N) is 1. The molecule has 0 aromatic heterocycles. The Hall–Kier alpha value is -1.72. The molecular formula is C13H14F3NO2. The predicted octanol–water partition coefficient (Wildman–Crippen LogP) is 3.25. The summed E-state index contributed by atoms with van der Waals surface area (Å²) in [5.74, 6) is -1.03. The second kappa shape index (κ2) is 4.75. The highest BCUT2D eigenvalue weighted by Crippen LogP contribution is 2.36. The fraction of sp³-hybridized carbons (Fsp3) is 0.462. The molecule has 1 aromatic rings. The van der Waals surface area contributed by atoms with Gasteiger partial charge in [-0.05, 0) is 37.0 Å². The van der Waals surface area contributed by atoms with Gasteiger partial charge in [-0.25, -0.2) is 4.79 Å². The molecule has 0 bridgehead atoms. The molecule has 104 valence electrons. The Kier molecular flexibility index (Phi) is 3.43. The van der Waals surface area contributed by atoms with Crippen LogP contribution in [0.2, 0.25) is 0 Å². The summed E-state index contributed by atoms with van der Waals surface area (Å²) in [4.78, 5) is 12.6. The topological polar surface area (TPSA) is 40.5 Å². The van der Waals surface area contributed by atoms with Gasteiger partial charge in [0.25, 0.3) is 0 Å². The minimum Gasteiger partial charge on any atom is -0.478 e. The quantitative estimate of drug-likeness (QED) is 0.915. The van der Waals surface area contributed by atoms with Crippen LogP contribution in [0.4, 0.5) is 18.9 Å². The number of hydrogen-bond acceptors (Lipinski definition) is 2. The van der Waals surface area contributed by atoms with Crippen LogP contribution in [-0.2, 0) is 6.18 Å². The maximum absolute atomic E-state index is 12.8. The van der Waals surface area contributed by atoms with Crippen LogP contribution < -0.4 is 4.90 Å². The third kappa shape index (κ3) is 3.19.